The van der Waals surface area contributed by atoms with Crippen LogP contribution in [-0.4, -0.2) is 28.9 Å². The molecule has 0 aromatic heterocycles. The molecule has 25 heavy (non-hydrogen) atoms. The molecule has 0 amide bonds. The van der Waals surface area contributed by atoms with Crippen LogP contribution in [0.25, 0.3) is 0 Å². The first-order chi connectivity index (χ1) is 11.8. The van der Waals surface area contributed by atoms with Crippen LogP contribution in [-0.2, 0) is 9.59 Å². The summed E-state index contributed by atoms with van der Waals surface area (Å²) in [6, 6.07) is 0. The van der Waals surface area contributed by atoms with E-state index in [9.17, 15) is 14.7 Å². The molecule has 1 spiro atoms. The van der Waals surface area contributed by atoms with Gasteiger partial charge in [0.05, 0.1) is 5.41 Å². The summed E-state index contributed by atoms with van der Waals surface area (Å²) in [6.45, 7) is 4.33. The maximum Gasteiger partial charge on any atom is 0.309 e. The fourth-order valence-electron chi connectivity index (χ4n) is 7.86. The fraction of sp³-hybridized carbons (Fsp3) is 0.905. The zero-order valence-corrected chi connectivity index (χ0v) is 16.7. The number of thioether (sulfide) groups is 1. The second-order valence-electron chi connectivity index (χ2n) is 9.84. The lowest BCUT2D eigenvalue weighted by atomic mass is 9.36. The molecule has 5 aliphatic carbocycles. The molecule has 1 N–H and O–H groups in total. The molecule has 0 radical (unpaired) electrons. The second-order valence-corrected chi connectivity index (χ2v) is 10.8. The number of carboxylic acid groups (broad SMARTS) is 1. The first-order valence-corrected chi connectivity index (χ1v) is 11.5. The van der Waals surface area contributed by atoms with Gasteiger partial charge in [0.1, 0.15) is 5.78 Å². The zero-order chi connectivity index (χ0) is 18.0. The summed E-state index contributed by atoms with van der Waals surface area (Å²) in [6.07, 6.45) is 10.3. The lowest BCUT2D eigenvalue weighted by Gasteiger charge is -2.67. The van der Waals surface area contributed by atoms with Crippen LogP contribution in [0.1, 0.15) is 65.2 Å². The third-order valence-corrected chi connectivity index (χ3v) is 9.74. The number of rotatable bonds is 3. The van der Waals surface area contributed by atoms with E-state index in [4.69, 9.17) is 0 Å². The second kappa shape index (κ2) is 5.74. The minimum atomic E-state index is -0.619. The Morgan fingerprint density at radius 2 is 1.88 bits per heavy atom. The molecule has 5 aliphatic rings. The third-order valence-electron chi connectivity index (χ3n) is 9.05. The maximum absolute atomic E-state index is 13.5. The summed E-state index contributed by atoms with van der Waals surface area (Å²) in [5.74, 6) is 2.36. The van der Waals surface area contributed by atoms with E-state index >= 15 is 0 Å². The largest absolute Gasteiger partial charge is 0.481 e. The van der Waals surface area contributed by atoms with Crippen molar-refractivity contribution in [2.75, 3.05) is 12.0 Å². The van der Waals surface area contributed by atoms with Crippen molar-refractivity contribution < 1.29 is 14.7 Å². The average Bonchev–Trinajstić information content (AvgIpc) is 2.57. The van der Waals surface area contributed by atoms with Gasteiger partial charge in [0.15, 0.2) is 0 Å². The van der Waals surface area contributed by atoms with Crippen LogP contribution in [0.4, 0.5) is 0 Å². The molecular formula is C21H32O3S. The summed E-state index contributed by atoms with van der Waals surface area (Å²) in [4.78, 5) is 25.6. The van der Waals surface area contributed by atoms with Crippen LogP contribution in [0.2, 0.25) is 0 Å². The van der Waals surface area contributed by atoms with Crippen LogP contribution in [0, 0.1) is 39.9 Å². The van der Waals surface area contributed by atoms with E-state index in [0.717, 1.165) is 44.3 Å². The molecule has 0 heterocycles. The molecule has 0 saturated heterocycles. The normalized spacial score (nSPS) is 51.7. The molecule has 0 aromatic carbocycles. The molecule has 7 atom stereocenters. The number of carboxylic acids is 1. The molecule has 5 rings (SSSR count). The summed E-state index contributed by atoms with van der Waals surface area (Å²) in [5.41, 5.74) is -0.702. The lowest BCUT2D eigenvalue weighted by Crippen LogP contribution is -2.65. The molecular weight excluding hydrogens is 332 g/mol. The lowest BCUT2D eigenvalue weighted by molar-refractivity contribution is -0.202. The molecule has 5 fully saturated rings. The van der Waals surface area contributed by atoms with Crippen LogP contribution >= 0.6 is 11.8 Å². The quantitative estimate of drug-likeness (QED) is 0.792. The summed E-state index contributed by atoms with van der Waals surface area (Å²) in [7, 11) is 0. The van der Waals surface area contributed by atoms with Crippen molar-refractivity contribution in [3.63, 3.8) is 0 Å². The number of carbonyl (C=O) groups excluding carboxylic acids is 1. The molecule has 3 nitrogen and oxygen atoms in total. The van der Waals surface area contributed by atoms with Crippen molar-refractivity contribution in [2.24, 2.45) is 39.9 Å². The van der Waals surface area contributed by atoms with E-state index in [-0.39, 0.29) is 22.7 Å². The van der Waals surface area contributed by atoms with Gasteiger partial charge >= 0.3 is 5.97 Å². The molecule has 4 heteroatoms. The van der Waals surface area contributed by atoms with E-state index in [1.807, 2.05) is 18.7 Å². The SMILES string of the molecule is CSC[C@@H]1C(=O)[C@]23CC[C@H]1C[C@H]2[C@]1(C)CCC[C@@](C)(C(=O)O)[C@H]1CC3. The van der Waals surface area contributed by atoms with Gasteiger partial charge in [-0.05, 0) is 81.3 Å². The van der Waals surface area contributed by atoms with Gasteiger partial charge in [-0.1, -0.05) is 13.3 Å². The number of hydrogen-bond acceptors (Lipinski definition) is 3. The van der Waals surface area contributed by atoms with E-state index in [1.165, 1.54) is 12.8 Å². The van der Waals surface area contributed by atoms with Gasteiger partial charge in [-0.2, -0.15) is 11.8 Å². The molecule has 0 aromatic rings. The Balaban J connectivity index is 1.73. The van der Waals surface area contributed by atoms with E-state index < -0.39 is 11.4 Å². The smallest absolute Gasteiger partial charge is 0.309 e. The van der Waals surface area contributed by atoms with Crippen LogP contribution < -0.4 is 0 Å². The van der Waals surface area contributed by atoms with E-state index in [0.29, 0.717) is 17.6 Å². The van der Waals surface area contributed by atoms with Crippen molar-refractivity contribution in [3.05, 3.63) is 0 Å². The standard InChI is InChI=1S/C21H32O3S/c1-19-7-4-8-20(2,18(23)24)15(19)6-10-21-9-5-13(11-16(19)21)14(12-25-3)17(21)22/h13-16H,4-12H2,1-3H3,(H,23,24)/t13-,14-,15-,16-,19+,20+,21-/m0/s1. The van der Waals surface area contributed by atoms with Crippen molar-refractivity contribution >= 4 is 23.5 Å². The minimum Gasteiger partial charge on any atom is -0.481 e. The van der Waals surface area contributed by atoms with Gasteiger partial charge in [0.25, 0.3) is 0 Å². The first kappa shape index (κ1) is 17.9. The highest BCUT2D eigenvalue weighted by Crippen LogP contribution is 2.71. The molecule has 0 unspecified atom stereocenters. The molecule has 5 saturated carbocycles. The fourth-order valence-corrected chi connectivity index (χ4v) is 8.64. The number of hydrogen-bond donors (Lipinski definition) is 1. The first-order valence-electron chi connectivity index (χ1n) is 10.1. The Hall–Kier alpha value is -0.510. The van der Waals surface area contributed by atoms with E-state index in [2.05, 4.69) is 13.2 Å². The van der Waals surface area contributed by atoms with Crippen LogP contribution in [0.5, 0.6) is 0 Å². The average molecular weight is 365 g/mol. The van der Waals surface area contributed by atoms with Gasteiger partial charge in [0, 0.05) is 17.1 Å². The number of aliphatic carboxylic acids is 1. The Labute approximate surface area is 155 Å². The summed E-state index contributed by atoms with van der Waals surface area (Å²) in [5, 5.41) is 9.97. The van der Waals surface area contributed by atoms with Gasteiger partial charge < -0.3 is 5.11 Å². The Morgan fingerprint density at radius 1 is 1.16 bits per heavy atom. The minimum absolute atomic E-state index is 0.0301. The van der Waals surface area contributed by atoms with Crippen molar-refractivity contribution in [1.29, 1.82) is 0 Å². The predicted molar refractivity (Wildman–Crippen MR) is 101 cm³/mol. The Kier molecular flexibility index (Phi) is 4.11. The Morgan fingerprint density at radius 3 is 2.56 bits per heavy atom. The van der Waals surface area contributed by atoms with Gasteiger partial charge in [-0.15, -0.1) is 0 Å². The van der Waals surface area contributed by atoms with E-state index in [1.54, 1.807) is 0 Å². The zero-order valence-electron chi connectivity index (χ0n) is 15.8. The molecule has 2 bridgehead atoms. The Bertz CT molecular complexity index is 604. The summed E-state index contributed by atoms with van der Waals surface area (Å²) >= 11 is 1.81. The highest BCUT2D eigenvalue weighted by Gasteiger charge is 2.68. The van der Waals surface area contributed by atoms with Crippen LogP contribution in [0.15, 0.2) is 0 Å². The monoisotopic (exact) mass is 364 g/mol. The van der Waals surface area contributed by atoms with Crippen molar-refractivity contribution in [2.45, 2.75) is 65.2 Å². The molecule has 0 aliphatic heterocycles. The van der Waals surface area contributed by atoms with Crippen molar-refractivity contribution in [3.8, 4) is 0 Å². The number of ketones is 1. The third kappa shape index (κ3) is 2.18. The maximum atomic E-state index is 13.5. The predicted octanol–water partition coefficient (Wildman–Crippen LogP) is 4.64. The van der Waals surface area contributed by atoms with Crippen molar-refractivity contribution in [1.82, 2.24) is 0 Å². The van der Waals surface area contributed by atoms with Crippen LogP contribution in [0.3, 0.4) is 0 Å². The van der Waals surface area contributed by atoms with Gasteiger partial charge in [-0.3, -0.25) is 9.59 Å². The highest BCUT2D eigenvalue weighted by atomic mass is 32.2. The highest BCUT2D eigenvalue weighted by molar-refractivity contribution is 7.98. The molecule has 140 valence electrons. The number of carbonyl (C=O) groups is 2. The number of Topliss-reactive ketones (excluding diaryl/α,β-unsaturated/α-hetero) is 1. The summed E-state index contributed by atoms with van der Waals surface area (Å²) < 4.78 is 0. The van der Waals surface area contributed by atoms with Gasteiger partial charge in [0.2, 0.25) is 0 Å². The topological polar surface area (TPSA) is 54.4 Å². The van der Waals surface area contributed by atoms with Gasteiger partial charge in [-0.25, -0.2) is 0 Å². The number of fused-ring (bicyclic) bond motifs is 3.